The van der Waals surface area contributed by atoms with Gasteiger partial charge in [-0.05, 0) is 25.1 Å². The molecule has 116 valence electrons. The van der Waals surface area contributed by atoms with Crippen LogP contribution in [0.15, 0.2) is 23.1 Å². The highest BCUT2D eigenvalue weighted by atomic mass is 32.2. The van der Waals surface area contributed by atoms with E-state index in [2.05, 4.69) is 5.32 Å². The second-order valence-corrected chi connectivity index (χ2v) is 5.47. The number of hydrogen-bond acceptors (Lipinski definition) is 6. The zero-order valence-electron chi connectivity index (χ0n) is 11.5. The van der Waals surface area contributed by atoms with Crippen LogP contribution in [0.25, 0.3) is 0 Å². The van der Waals surface area contributed by atoms with Crippen molar-refractivity contribution in [1.82, 2.24) is 5.32 Å². The van der Waals surface area contributed by atoms with Gasteiger partial charge in [-0.2, -0.15) is 0 Å². The van der Waals surface area contributed by atoms with Crippen LogP contribution in [0.2, 0.25) is 0 Å². The molecule has 4 amide bonds. The van der Waals surface area contributed by atoms with Crippen molar-refractivity contribution in [2.75, 3.05) is 11.1 Å². The molecule has 0 saturated carbocycles. The van der Waals surface area contributed by atoms with Gasteiger partial charge >= 0.3 is 12.0 Å². The van der Waals surface area contributed by atoms with E-state index in [0.717, 1.165) is 4.90 Å². The highest BCUT2D eigenvalue weighted by Gasteiger charge is 2.22. The third-order valence-electron chi connectivity index (χ3n) is 2.75. The van der Waals surface area contributed by atoms with E-state index in [9.17, 15) is 19.2 Å². The molecule has 0 unspecified atom stereocenters. The summed E-state index contributed by atoms with van der Waals surface area (Å²) in [6.07, 6.45) is -1.18. The first kappa shape index (κ1) is 15.8. The molecule has 1 aromatic carbocycles. The maximum absolute atomic E-state index is 12.0. The van der Waals surface area contributed by atoms with Gasteiger partial charge in [-0.1, -0.05) is 0 Å². The number of amides is 4. The highest BCUT2D eigenvalue weighted by molar-refractivity contribution is 8.00. The van der Waals surface area contributed by atoms with Gasteiger partial charge in [0.25, 0.3) is 5.91 Å². The molecule has 22 heavy (non-hydrogen) atoms. The normalized spacial score (nSPS) is 14.3. The zero-order chi connectivity index (χ0) is 16.3. The maximum atomic E-state index is 12.0. The lowest BCUT2D eigenvalue weighted by atomic mass is 10.2. The number of esters is 1. The van der Waals surface area contributed by atoms with Crippen LogP contribution >= 0.6 is 11.8 Å². The van der Waals surface area contributed by atoms with Crippen molar-refractivity contribution in [3.63, 3.8) is 0 Å². The molecule has 1 atom stereocenters. The minimum absolute atomic E-state index is 0.155. The molecule has 8 nitrogen and oxygen atoms in total. The van der Waals surface area contributed by atoms with Gasteiger partial charge in [0.2, 0.25) is 5.91 Å². The van der Waals surface area contributed by atoms with Crippen molar-refractivity contribution in [3.8, 4) is 0 Å². The quantitative estimate of drug-likeness (QED) is 0.694. The van der Waals surface area contributed by atoms with Crippen molar-refractivity contribution in [3.05, 3.63) is 23.8 Å². The maximum Gasteiger partial charge on any atom is 0.338 e. The Kier molecular flexibility index (Phi) is 4.66. The van der Waals surface area contributed by atoms with Gasteiger partial charge in [-0.3, -0.25) is 14.9 Å². The molecule has 4 N–H and O–H groups in total. The van der Waals surface area contributed by atoms with E-state index in [1.165, 1.54) is 30.8 Å². The number of benzene rings is 1. The average Bonchev–Trinajstić information content (AvgIpc) is 2.45. The van der Waals surface area contributed by atoms with Crippen molar-refractivity contribution >= 4 is 41.3 Å². The molecule has 1 aromatic rings. The van der Waals surface area contributed by atoms with Crippen molar-refractivity contribution in [2.45, 2.75) is 17.9 Å². The molecule has 0 radical (unpaired) electrons. The van der Waals surface area contributed by atoms with Gasteiger partial charge < -0.3 is 15.8 Å². The first-order valence-corrected chi connectivity index (χ1v) is 7.23. The Hall–Kier alpha value is -2.55. The molecule has 1 heterocycles. The molecule has 1 aliphatic heterocycles. The van der Waals surface area contributed by atoms with E-state index in [0.29, 0.717) is 11.4 Å². The molecule has 9 heteroatoms. The molecule has 0 saturated heterocycles. The number of nitrogens with one attached hydrogen (secondary N) is 2. The van der Waals surface area contributed by atoms with Crippen molar-refractivity contribution < 1.29 is 23.9 Å². The average molecular weight is 323 g/mol. The number of urea groups is 1. The summed E-state index contributed by atoms with van der Waals surface area (Å²) in [4.78, 5) is 46.2. The predicted octanol–water partition coefficient (Wildman–Crippen LogP) is 0.471. The van der Waals surface area contributed by atoms with E-state index in [-0.39, 0.29) is 11.5 Å². The molecule has 0 aliphatic carbocycles. The van der Waals surface area contributed by atoms with Crippen LogP contribution in [-0.2, 0) is 14.3 Å². The summed E-state index contributed by atoms with van der Waals surface area (Å²) in [7, 11) is 0. The van der Waals surface area contributed by atoms with Crippen LogP contribution in [0.5, 0.6) is 0 Å². The number of imide groups is 1. The summed E-state index contributed by atoms with van der Waals surface area (Å²) in [5, 5.41) is 4.47. The Balaban J connectivity index is 2.07. The molecule has 0 fully saturated rings. The van der Waals surface area contributed by atoms with Crippen LogP contribution in [-0.4, -0.2) is 35.7 Å². The van der Waals surface area contributed by atoms with E-state index in [4.69, 9.17) is 10.5 Å². The fourth-order valence-corrected chi connectivity index (χ4v) is 2.50. The predicted molar refractivity (Wildman–Crippen MR) is 78.4 cm³/mol. The molecule has 2 rings (SSSR count). The number of carbonyl (C=O) groups excluding carboxylic acids is 4. The summed E-state index contributed by atoms with van der Waals surface area (Å²) < 4.78 is 4.94. The van der Waals surface area contributed by atoms with Gasteiger partial charge in [-0.25, -0.2) is 9.59 Å². The van der Waals surface area contributed by atoms with E-state index < -0.39 is 24.0 Å². The summed E-state index contributed by atoms with van der Waals surface area (Å²) in [6.45, 7) is 1.31. The molecule has 0 aromatic heterocycles. The number of fused-ring (bicyclic) bond motifs is 1. The number of primary amides is 1. The second-order valence-electron chi connectivity index (χ2n) is 4.45. The third kappa shape index (κ3) is 3.76. The summed E-state index contributed by atoms with van der Waals surface area (Å²) in [5.74, 6) is -1.40. The van der Waals surface area contributed by atoms with E-state index in [1.807, 2.05) is 5.32 Å². The Morgan fingerprint density at radius 3 is 2.82 bits per heavy atom. The van der Waals surface area contributed by atoms with Gasteiger partial charge in [-0.15, -0.1) is 11.8 Å². The van der Waals surface area contributed by atoms with Gasteiger partial charge in [0.05, 0.1) is 17.0 Å². The lowest BCUT2D eigenvalue weighted by molar-refractivity contribution is -0.127. The van der Waals surface area contributed by atoms with Crippen LogP contribution in [0.4, 0.5) is 10.5 Å². The number of thioether (sulfide) groups is 1. The standard InChI is InChI=1S/C13H13N3O5S/c1-6(11(18)16-13(14)20)21-12(19)7-2-3-9-8(4-7)15-10(17)5-22-9/h2-4,6H,5H2,1H3,(H,15,17)(H3,14,16,18,20)/t6-/m1/s1. The Bertz CT molecular complexity index is 661. The fraction of sp³-hybridized carbons (Fsp3) is 0.231. The lowest BCUT2D eigenvalue weighted by Gasteiger charge is -2.17. The van der Waals surface area contributed by atoms with Crippen LogP contribution in [0.1, 0.15) is 17.3 Å². The minimum atomic E-state index is -1.18. The van der Waals surface area contributed by atoms with Gasteiger partial charge in [0, 0.05) is 4.90 Å². The SMILES string of the molecule is C[C@@H](OC(=O)c1ccc2c(c1)NC(=O)CS2)C(=O)NC(N)=O. The first-order chi connectivity index (χ1) is 10.4. The monoisotopic (exact) mass is 323 g/mol. The molecular formula is C13H13N3O5S. The van der Waals surface area contributed by atoms with Crippen LogP contribution in [0.3, 0.4) is 0 Å². The number of anilines is 1. The Morgan fingerprint density at radius 2 is 2.14 bits per heavy atom. The number of hydrogen-bond donors (Lipinski definition) is 3. The summed E-state index contributed by atoms with van der Waals surface area (Å²) in [5.41, 5.74) is 5.51. The Morgan fingerprint density at radius 1 is 1.41 bits per heavy atom. The fourth-order valence-electron chi connectivity index (χ4n) is 1.72. The summed E-state index contributed by atoms with van der Waals surface area (Å²) in [6, 6.07) is 3.66. The molecule has 0 bridgehead atoms. The topological polar surface area (TPSA) is 128 Å². The van der Waals surface area contributed by atoms with E-state index in [1.54, 1.807) is 6.07 Å². The number of ether oxygens (including phenoxy) is 1. The molecular weight excluding hydrogens is 310 g/mol. The number of nitrogens with two attached hydrogens (primary N) is 1. The summed E-state index contributed by atoms with van der Waals surface area (Å²) >= 11 is 1.36. The first-order valence-electron chi connectivity index (χ1n) is 6.25. The second kappa shape index (κ2) is 6.48. The minimum Gasteiger partial charge on any atom is -0.449 e. The van der Waals surface area contributed by atoms with Crippen LogP contribution < -0.4 is 16.4 Å². The molecule has 1 aliphatic rings. The van der Waals surface area contributed by atoms with Crippen LogP contribution in [0, 0.1) is 0 Å². The van der Waals surface area contributed by atoms with Crippen molar-refractivity contribution in [2.24, 2.45) is 5.73 Å². The smallest absolute Gasteiger partial charge is 0.338 e. The molecule has 0 spiro atoms. The highest BCUT2D eigenvalue weighted by Crippen LogP contribution is 2.32. The number of carbonyl (C=O) groups is 4. The lowest BCUT2D eigenvalue weighted by Crippen LogP contribution is -2.42. The zero-order valence-corrected chi connectivity index (χ0v) is 12.4. The number of rotatable bonds is 3. The third-order valence-corrected chi connectivity index (χ3v) is 3.82. The van der Waals surface area contributed by atoms with Crippen molar-refractivity contribution in [1.29, 1.82) is 0 Å². The van der Waals surface area contributed by atoms with Gasteiger partial charge in [0.15, 0.2) is 6.10 Å². The Labute approximate surface area is 129 Å². The van der Waals surface area contributed by atoms with E-state index >= 15 is 0 Å². The largest absolute Gasteiger partial charge is 0.449 e. The van der Waals surface area contributed by atoms with Gasteiger partial charge in [0.1, 0.15) is 0 Å².